The molecule has 0 N–H and O–H groups in total. The maximum absolute atomic E-state index is 13.7. The van der Waals surface area contributed by atoms with E-state index in [-0.39, 0.29) is 17.1 Å². The summed E-state index contributed by atoms with van der Waals surface area (Å²) in [4.78, 5) is 42.9. The number of benzene rings is 2. The van der Waals surface area contributed by atoms with Crippen molar-refractivity contribution in [3.05, 3.63) is 88.5 Å². The quantitative estimate of drug-likeness (QED) is 0.358. The van der Waals surface area contributed by atoms with Crippen LogP contribution in [0, 0.1) is 0 Å². The Morgan fingerprint density at radius 1 is 1.11 bits per heavy atom. The second kappa shape index (κ2) is 10.3. The number of hydrogen-bond donors (Lipinski definition) is 0. The predicted octanol–water partition coefficient (Wildman–Crippen LogP) is 3.65. The van der Waals surface area contributed by atoms with Gasteiger partial charge in [-0.3, -0.25) is 14.2 Å². The zero-order valence-electron chi connectivity index (χ0n) is 19.6. The minimum atomic E-state index is -0.877. The molecule has 2 aromatic carbocycles. The van der Waals surface area contributed by atoms with Crippen molar-refractivity contribution in [3.63, 3.8) is 0 Å². The summed E-state index contributed by atoms with van der Waals surface area (Å²) in [7, 11) is 2.68. The van der Waals surface area contributed by atoms with Gasteiger partial charge in [0.15, 0.2) is 16.3 Å². The van der Waals surface area contributed by atoms with E-state index in [9.17, 15) is 14.4 Å². The molecule has 0 fully saturated rings. The maximum Gasteiger partial charge on any atom is 0.338 e. The van der Waals surface area contributed by atoms with E-state index in [1.54, 1.807) is 49.4 Å². The Kier molecular flexibility index (Phi) is 7.35. The summed E-state index contributed by atoms with van der Waals surface area (Å²) >= 11 is 13.8. The van der Waals surface area contributed by atoms with Gasteiger partial charge >= 0.3 is 11.9 Å². The predicted molar refractivity (Wildman–Crippen MR) is 137 cm³/mol. The highest BCUT2D eigenvalue weighted by Crippen LogP contribution is 2.36. The van der Waals surface area contributed by atoms with Crippen LogP contribution in [0.5, 0.6) is 11.5 Å². The number of thiazole rings is 1. The van der Waals surface area contributed by atoms with Gasteiger partial charge < -0.3 is 14.2 Å². The van der Waals surface area contributed by atoms with Gasteiger partial charge in [0.1, 0.15) is 0 Å². The molecule has 0 spiro atoms. The van der Waals surface area contributed by atoms with Crippen LogP contribution in [-0.2, 0) is 14.3 Å². The molecular formula is C25H20Cl2N2O6S. The van der Waals surface area contributed by atoms with E-state index in [1.807, 2.05) is 0 Å². The Morgan fingerprint density at radius 2 is 1.81 bits per heavy atom. The van der Waals surface area contributed by atoms with Crippen molar-refractivity contribution < 1.29 is 23.8 Å². The van der Waals surface area contributed by atoms with Crippen LogP contribution in [0.2, 0.25) is 10.0 Å². The minimum absolute atomic E-state index is 0.189. The summed E-state index contributed by atoms with van der Waals surface area (Å²) in [6.45, 7) is 2.95. The lowest BCUT2D eigenvalue weighted by Gasteiger charge is -2.25. The van der Waals surface area contributed by atoms with Crippen molar-refractivity contribution >= 4 is 52.6 Å². The molecule has 0 saturated carbocycles. The summed E-state index contributed by atoms with van der Waals surface area (Å²) in [5.41, 5.74) is 1.23. The molecule has 11 heteroatoms. The molecule has 2 heterocycles. The van der Waals surface area contributed by atoms with Crippen LogP contribution in [0.4, 0.5) is 0 Å². The number of rotatable bonds is 5. The molecule has 1 aliphatic rings. The third-order valence-electron chi connectivity index (χ3n) is 5.46. The number of fused-ring (bicyclic) bond motifs is 1. The number of allylic oxidation sites excluding steroid dienone is 1. The zero-order valence-corrected chi connectivity index (χ0v) is 22.0. The lowest BCUT2D eigenvalue weighted by atomic mass is 9.95. The number of carbonyl (C=O) groups excluding carboxylic acids is 2. The summed E-state index contributed by atoms with van der Waals surface area (Å²) in [5, 5.41) is 0.782. The minimum Gasteiger partial charge on any atom is -0.493 e. The number of carbonyl (C=O) groups is 2. The third-order valence-corrected chi connectivity index (χ3v) is 7.10. The molecule has 0 aliphatic carbocycles. The molecule has 8 nitrogen and oxygen atoms in total. The Hall–Kier alpha value is -3.40. The Balaban J connectivity index is 1.99. The molecule has 1 atom stereocenters. The van der Waals surface area contributed by atoms with Gasteiger partial charge in [-0.2, -0.15) is 0 Å². The molecule has 0 saturated heterocycles. The largest absolute Gasteiger partial charge is 0.493 e. The van der Waals surface area contributed by atoms with Gasteiger partial charge in [-0.05, 0) is 42.8 Å². The summed E-state index contributed by atoms with van der Waals surface area (Å²) in [5.74, 6) is -0.688. The van der Waals surface area contributed by atoms with Gasteiger partial charge in [-0.15, -0.1) is 0 Å². The van der Waals surface area contributed by atoms with Crippen molar-refractivity contribution in [2.75, 3.05) is 14.2 Å². The molecule has 0 bridgehead atoms. The monoisotopic (exact) mass is 546 g/mol. The third kappa shape index (κ3) is 4.69. The topological polar surface area (TPSA) is 96.2 Å². The maximum atomic E-state index is 13.7. The van der Waals surface area contributed by atoms with Crippen molar-refractivity contribution in [3.8, 4) is 11.5 Å². The van der Waals surface area contributed by atoms with Crippen LogP contribution >= 0.6 is 34.5 Å². The van der Waals surface area contributed by atoms with Crippen LogP contribution < -0.4 is 24.4 Å². The first-order valence-electron chi connectivity index (χ1n) is 10.6. The van der Waals surface area contributed by atoms with E-state index in [2.05, 4.69) is 4.99 Å². The van der Waals surface area contributed by atoms with Crippen LogP contribution in [0.25, 0.3) is 6.08 Å². The van der Waals surface area contributed by atoms with E-state index in [4.69, 9.17) is 37.4 Å². The average Bonchev–Trinajstić information content (AvgIpc) is 3.14. The molecule has 1 unspecified atom stereocenters. The van der Waals surface area contributed by atoms with Crippen molar-refractivity contribution in [1.29, 1.82) is 0 Å². The summed E-state index contributed by atoms with van der Waals surface area (Å²) in [6.07, 6.45) is 1.60. The van der Waals surface area contributed by atoms with Crippen molar-refractivity contribution in [2.45, 2.75) is 19.9 Å². The lowest BCUT2D eigenvalue weighted by Crippen LogP contribution is -2.39. The fraction of sp³-hybridized carbons (Fsp3) is 0.200. The normalized spacial score (nSPS) is 15.3. The standard InChI is InChI=1S/C25H20Cl2N2O6S/c1-12-21(24(32)34-4)22(14-8-9-18(35-13(2)30)19(10-14)33-3)29-23(31)20(36-25(29)28-12)11-15-16(26)6-5-7-17(15)27/h5-11,22H,1-4H3/b20-11+. The summed E-state index contributed by atoms with van der Waals surface area (Å²) < 4.78 is 17.4. The fourth-order valence-corrected chi connectivity index (χ4v) is 5.42. The highest BCUT2D eigenvalue weighted by atomic mass is 35.5. The van der Waals surface area contributed by atoms with Gasteiger partial charge in [0, 0.05) is 22.5 Å². The highest BCUT2D eigenvalue weighted by Gasteiger charge is 2.33. The second-order valence-corrected chi connectivity index (χ2v) is 9.54. The lowest BCUT2D eigenvalue weighted by molar-refractivity contribution is -0.136. The van der Waals surface area contributed by atoms with Crippen LogP contribution in [-0.4, -0.2) is 30.7 Å². The van der Waals surface area contributed by atoms with Gasteiger partial charge in [0.05, 0.1) is 36.1 Å². The molecule has 3 aromatic rings. The van der Waals surface area contributed by atoms with Crippen molar-refractivity contribution in [2.24, 2.45) is 4.99 Å². The number of hydrogen-bond acceptors (Lipinski definition) is 8. The zero-order chi connectivity index (χ0) is 26.1. The molecule has 36 heavy (non-hydrogen) atoms. The second-order valence-electron chi connectivity index (χ2n) is 7.71. The van der Waals surface area contributed by atoms with E-state index < -0.39 is 23.5 Å². The first-order valence-corrected chi connectivity index (χ1v) is 12.1. The van der Waals surface area contributed by atoms with Gasteiger partial charge in [0.25, 0.3) is 5.56 Å². The Morgan fingerprint density at radius 3 is 2.42 bits per heavy atom. The van der Waals surface area contributed by atoms with Crippen LogP contribution in [0.1, 0.15) is 31.0 Å². The molecule has 4 rings (SSSR count). The number of ether oxygens (including phenoxy) is 3. The van der Waals surface area contributed by atoms with Crippen LogP contribution in [0.15, 0.2) is 57.5 Å². The highest BCUT2D eigenvalue weighted by molar-refractivity contribution is 7.07. The van der Waals surface area contributed by atoms with Crippen LogP contribution in [0.3, 0.4) is 0 Å². The molecule has 0 radical (unpaired) electrons. The van der Waals surface area contributed by atoms with Gasteiger partial charge in [0.2, 0.25) is 0 Å². The van der Waals surface area contributed by atoms with E-state index >= 15 is 0 Å². The number of halogens is 2. The van der Waals surface area contributed by atoms with E-state index in [0.717, 1.165) is 11.3 Å². The summed E-state index contributed by atoms with van der Waals surface area (Å²) in [6, 6.07) is 8.98. The average molecular weight is 547 g/mol. The number of methoxy groups -OCH3 is 2. The molecule has 186 valence electrons. The van der Waals surface area contributed by atoms with Gasteiger partial charge in [-0.1, -0.05) is 46.7 Å². The Bertz CT molecular complexity index is 1590. The van der Waals surface area contributed by atoms with Gasteiger partial charge in [-0.25, -0.2) is 9.79 Å². The fourth-order valence-electron chi connectivity index (χ4n) is 3.88. The SMILES string of the molecule is COC(=O)C1=C(C)N=c2s/c(=C/c3c(Cl)cccc3Cl)c(=O)n2C1c1ccc(OC(C)=O)c(OC)c1. The van der Waals surface area contributed by atoms with E-state index in [1.165, 1.54) is 25.7 Å². The first kappa shape index (κ1) is 25.7. The number of nitrogens with zero attached hydrogens (tertiary/aromatic N) is 2. The number of esters is 2. The number of aromatic nitrogens is 1. The first-order chi connectivity index (χ1) is 17.2. The molecule has 1 aliphatic heterocycles. The molecular weight excluding hydrogens is 527 g/mol. The smallest absolute Gasteiger partial charge is 0.338 e. The molecule has 0 amide bonds. The Labute approximate surface area is 219 Å². The van der Waals surface area contributed by atoms with Crippen molar-refractivity contribution in [1.82, 2.24) is 4.57 Å². The molecule has 1 aromatic heterocycles. The van der Waals surface area contributed by atoms with E-state index in [0.29, 0.717) is 36.2 Å².